The van der Waals surface area contributed by atoms with Crippen LogP contribution in [0.4, 0.5) is 8.78 Å². The van der Waals surface area contributed by atoms with Gasteiger partial charge < -0.3 is 14.2 Å². The van der Waals surface area contributed by atoms with Crippen molar-refractivity contribution in [1.82, 2.24) is 9.55 Å². The molecule has 2 aromatic carbocycles. The quantitative estimate of drug-likeness (QED) is 0.219. The van der Waals surface area contributed by atoms with E-state index in [0.29, 0.717) is 4.57 Å². The molecule has 1 aliphatic heterocycles. The normalized spacial score (nSPS) is 22.0. The van der Waals surface area contributed by atoms with E-state index in [1.807, 2.05) is 4.98 Å². The van der Waals surface area contributed by atoms with Gasteiger partial charge in [-0.15, -0.1) is 0 Å². The van der Waals surface area contributed by atoms with Gasteiger partial charge in [-0.25, -0.2) is 14.4 Å². The van der Waals surface area contributed by atoms with E-state index in [1.54, 1.807) is 12.1 Å². The second-order valence-corrected chi connectivity index (χ2v) is 7.79. The Balaban J connectivity index is 1.76. The smallest absolute Gasteiger partial charge is 0.338 e. The molecule has 0 amide bonds. The number of nitrogens with zero attached hydrogens (tertiary/aromatic N) is 4. The number of azide groups is 1. The van der Waals surface area contributed by atoms with E-state index < -0.39 is 53.8 Å². The molecule has 0 radical (unpaired) electrons. The molecule has 12 nitrogen and oxygen atoms in total. The summed E-state index contributed by atoms with van der Waals surface area (Å²) in [6.45, 7) is -1.11. The summed E-state index contributed by atoms with van der Waals surface area (Å²) in [4.78, 5) is 53.3. The molecule has 3 atom stereocenters. The summed E-state index contributed by atoms with van der Waals surface area (Å²) in [5, 5.41) is 3.30. The van der Waals surface area contributed by atoms with Gasteiger partial charge in [-0.3, -0.25) is 14.3 Å². The van der Waals surface area contributed by atoms with Crippen molar-refractivity contribution in [2.75, 3.05) is 6.61 Å². The Bertz CT molecular complexity index is 1470. The average molecular weight is 513 g/mol. The van der Waals surface area contributed by atoms with Gasteiger partial charge in [0.05, 0.1) is 11.1 Å². The highest BCUT2D eigenvalue weighted by atomic mass is 19.3. The lowest BCUT2D eigenvalue weighted by Crippen LogP contribution is -2.51. The fraction of sp³-hybridized carbons (Fsp3) is 0.217. The van der Waals surface area contributed by atoms with Crippen LogP contribution >= 0.6 is 0 Å². The van der Waals surface area contributed by atoms with Crippen molar-refractivity contribution in [3.63, 3.8) is 0 Å². The SMILES string of the molecule is [N-]=[N+]=N[C@]1(COC(=O)c2ccccc2)O[C@@H](n2ccc(=O)[nH]c2=O)C(F)(F)[C@@H]1OC(=O)c1ccccc1. The monoisotopic (exact) mass is 513 g/mol. The predicted octanol–water partition coefficient (Wildman–Crippen LogP) is 2.79. The number of nitrogens with one attached hydrogen (secondary N) is 1. The molecule has 0 bridgehead atoms. The first-order chi connectivity index (χ1) is 17.7. The molecule has 190 valence electrons. The number of hydrogen-bond donors (Lipinski definition) is 1. The molecule has 0 unspecified atom stereocenters. The van der Waals surface area contributed by atoms with E-state index in [0.717, 1.165) is 12.3 Å². The van der Waals surface area contributed by atoms with Crippen LogP contribution < -0.4 is 11.2 Å². The summed E-state index contributed by atoms with van der Waals surface area (Å²) >= 11 is 0. The van der Waals surface area contributed by atoms with Crippen molar-refractivity contribution < 1.29 is 32.6 Å². The number of carbonyl (C=O) groups excluding carboxylic acids is 2. The van der Waals surface area contributed by atoms with Crippen LogP contribution in [0.5, 0.6) is 0 Å². The summed E-state index contributed by atoms with van der Waals surface area (Å²) in [5.74, 6) is -6.42. The minimum absolute atomic E-state index is 0.0505. The third-order valence-electron chi connectivity index (χ3n) is 5.38. The molecule has 1 saturated heterocycles. The third-order valence-corrected chi connectivity index (χ3v) is 5.38. The average Bonchev–Trinajstić information content (AvgIpc) is 3.10. The van der Waals surface area contributed by atoms with Gasteiger partial charge in [0.1, 0.15) is 6.61 Å². The van der Waals surface area contributed by atoms with E-state index in [2.05, 4.69) is 10.0 Å². The fourth-order valence-corrected chi connectivity index (χ4v) is 3.65. The van der Waals surface area contributed by atoms with Crippen LogP contribution in [0.15, 0.2) is 87.6 Å². The van der Waals surface area contributed by atoms with E-state index in [-0.39, 0.29) is 11.1 Å². The first-order valence-electron chi connectivity index (χ1n) is 10.6. The molecule has 0 aliphatic carbocycles. The zero-order valence-corrected chi connectivity index (χ0v) is 18.7. The van der Waals surface area contributed by atoms with Crippen LogP contribution in [0.1, 0.15) is 26.9 Å². The van der Waals surface area contributed by atoms with Crippen molar-refractivity contribution in [3.8, 4) is 0 Å². The van der Waals surface area contributed by atoms with Crippen molar-refractivity contribution in [2.45, 2.75) is 24.0 Å². The van der Waals surface area contributed by atoms with E-state index >= 15 is 8.78 Å². The lowest BCUT2D eigenvalue weighted by Gasteiger charge is -2.29. The Kier molecular flexibility index (Phi) is 6.87. The number of alkyl halides is 2. The summed E-state index contributed by atoms with van der Waals surface area (Å²) in [6.07, 6.45) is -4.44. The second-order valence-electron chi connectivity index (χ2n) is 7.79. The number of H-pyrrole nitrogens is 1. The van der Waals surface area contributed by atoms with E-state index in [1.165, 1.54) is 48.5 Å². The first-order valence-corrected chi connectivity index (χ1v) is 10.6. The fourth-order valence-electron chi connectivity index (χ4n) is 3.65. The highest BCUT2D eigenvalue weighted by Gasteiger charge is 2.70. The number of carbonyl (C=O) groups is 2. The molecule has 0 saturated carbocycles. The van der Waals surface area contributed by atoms with Crippen molar-refractivity contribution >= 4 is 11.9 Å². The molecule has 1 aliphatic rings. The number of halogens is 2. The molecule has 0 spiro atoms. The maximum atomic E-state index is 15.8. The molecule has 3 aromatic rings. The first kappa shape index (κ1) is 25.3. The highest BCUT2D eigenvalue weighted by molar-refractivity contribution is 5.90. The molecule has 37 heavy (non-hydrogen) atoms. The Morgan fingerprint density at radius 2 is 1.62 bits per heavy atom. The maximum absolute atomic E-state index is 15.8. The largest absolute Gasteiger partial charge is 0.459 e. The summed E-state index contributed by atoms with van der Waals surface area (Å²) in [6, 6.07) is 15.4. The standard InChI is InChI=1S/C23H17F2N5O7/c24-23(25)19(36-18(33)15-9-5-2-6-10-15)22(28-29-26,13-35-17(32)14-7-3-1-4-8-14)37-20(23)30-12-11-16(31)27-21(30)34/h1-12,19-20H,13H2,(H,27,31,34)/t19-,20-,22-/m1/s1. The number of rotatable bonds is 7. The zero-order valence-electron chi connectivity index (χ0n) is 18.7. The number of ether oxygens (including phenoxy) is 3. The van der Waals surface area contributed by atoms with Gasteiger partial charge in [-0.2, -0.15) is 8.78 Å². The third kappa shape index (κ3) is 4.96. The lowest BCUT2D eigenvalue weighted by atomic mass is 10.0. The van der Waals surface area contributed by atoms with Crippen LogP contribution in [-0.2, 0) is 14.2 Å². The van der Waals surface area contributed by atoms with Gasteiger partial charge in [-0.1, -0.05) is 41.5 Å². The summed E-state index contributed by atoms with van der Waals surface area (Å²) in [7, 11) is 0. The van der Waals surface area contributed by atoms with Crippen LogP contribution in [0.3, 0.4) is 0 Å². The van der Waals surface area contributed by atoms with Gasteiger partial charge in [0.25, 0.3) is 5.56 Å². The molecular weight excluding hydrogens is 496 g/mol. The summed E-state index contributed by atoms with van der Waals surface area (Å²) < 4.78 is 47.5. The number of aromatic nitrogens is 2. The van der Waals surface area contributed by atoms with E-state index in [9.17, 15) is 24.7 Å². The van der Waals surface area contributed by atoms with Crippen molar-refractivity contribution in [1.29, 1.82) is 0 Å². The van der Waals surface area contributed by atoms with Gasteiger partial charge in [0, 0.05) is 17.2 Å². The van der Waals surface area contributed by atoms with Gasteiger partial charge in [0.15, 0.2) is 0 Å². The lowest BCUT2D eigenvalue weighted by molar-refractivity contribution is -0.145. The van der Waals surface area contributed by atoms with Crippen LogP contribution in [0, 0.1) is 0 Å². The summed E-state index contributed by atoms with van der Waals surface area (Å²) in [5.41, 5.74) is 4.20. The number of aromatic amines is 1. The van der Waals surface area contributed by atoms with Gasteiger partial charge >= 0.3 is 23.6 Å². The Labute approximate surface area is 205 Å². The topological polar surface area (TPSA) is 165 Å². The Morgan fingerprint density at radius 3 is 2.19 bits per heavy atom. The van der Waals surface area contributed by atoms with Crippen molar-refractivity contribution in [2.24, 2.45) is 5.11 Å². The predicted molar refractivity (Wildman–Crippen MR) is 121 cm³/mol. The van der Waals surface area contributed by atoms with E-state index in [4.69, 9.17) is 14.2 Å². The van der Waals surface area contributed by atoms with Gasteiger partial charge in [0.2, 0.25) is 18.1 Å². The van der Waals surface area contributed by atoms with Crippen LogP contribution in [0.25, 0.3) is 10.4 Å². The molecule has 4 rings (SSSR count). The number of esters is 2. The minimum atomic E-state index is -4.22. The second kappa shape index (κ2) is 10.0. The highest BCUT2D eigenvalue weighted by Crippen LogP contribution is 2.50. The number of hydrogen-bond acceptors (Lipinski definition) is 8. The maximum Gasteiger partial charge on any atom is 0.338 e. The molecule has 2 heterocycles. The zero-order chi connectivity index (χ0) is 26.6. The van der Waals surface area contributed by atoms with Crippen LogP contribution in [-0.4, -0.2) is 45.8 Å². The Hall–Kier alpha value is -4.81. The minimum Gasteiger partial charge on any atom is -0.459 e. The molecular formula is C23H17F2N5O7. The van der Waals surface area contributed by atoms with Crippen LogP contribution in [0.2, 0.25) is 0 Å². The Morgan fingerprint density at radius 1 is 1.03 bits per heavy atom. The molecule has 14 heteroatoms. The van der Waals surface area contributed by atoms with Gasteiger partial charge in [-0.05, 0) is 29.8 Å². The molecule has 1 fully saturated rings. The number of benzene rings is 2. The molecule has 1 aromatic heterocycles. The van der Waals surface area contributed by atoms with Crippen molar-refractivity contribution in [3.05, 3.63) is 115 Å². The molecule has 1 N–H and O–H groups in total.